The van der Waals surface area contributed by atoms with E-state index in [9.17, 15) is 12.8 Å². The summed E-state index contributed by atoms with van der Waals surface area (Å²) < 4.78 is 47.8. The predicted molar refractivity (Wildman–Crippen MR) is 111 cm³/mol. The molecule has 1 saturated heterocycles. The van der Waals surface area contributed by atoms with Crippen LogP contribution in [0.5, 0.6) is 0 Å². The molecule has 1 heterocycles. The van der Waals surface area contributed by atoms with E-state index >= 15 is 0 Å². The lowest BCUT2D eigenvalue weighted by Gasteiger charge is -2.35. The fraction of sp³-hybridized carbons (Fsp3) is 0.273. The average molecular weight is 415 g/mol. The summed E-state index contributed by atoms with van der Waals surface area (Å²) in [7, 11) is -3.72. The molecule has 1 fully saturated rings. The van der Waals surface area contributed by atoms with Gasteiger partial charge in [-0.1, -0.05) is 48.5 Å². The highest BCUT2D eigenvalue weighted by molar-refractivity contribution is 7.89. The standard InChI is InChI=1S/C22H23FN2O3S/c23-19-10-8-18(9-11-19)21(25-12-14-28-15-13-25)16-24-29(26,27)22-7-3-5-17-4-1-2-6-20(17)22/h1-11,21,24H,12-16H2/t21-/m1/s1. The maximum absolute atomic E-state index is 13.4. The number of hydrogen-bond acceptors (Lipinski definition) is 4. The molecular weight excluding hydrogens is 391 g/mol. The highest BCUT2D eigenvalue weighted by Crippen LogP contribution is 2.25. The first-order valence-corrected chi connectivity index (χ1v) is 11.1. The molecular formula is C22H23FN2O3S. The van der Waals surface area contributed by atoms with Crippen LogP contribution in [0.25, 0.3) is 10.8 Å². The van der Waals surface area contributed by atoms with Crippen molar-refractivity contribution in [3.05, 3.63) is 78.1 Å². The second-order valence-corrected chi connectivity index (χ2v) is 8.78. The van der Waals surface area contributed by atoms with Crippen molar-refractivity contribution in [1.82, 2.24) is 9.62 Å². The van der Waals surface area contributed by atoms with Gasteiger partial charge in [0, 0.05) is 31.1 Å². The van der Waals surface area contributed by atoms with Crippen molar-refractivity contribution in [2.45, 2.75) is 10.9 Å². The third-order valence-corrected chi connectivity index (χ3v) is 6.73. The van der Waals surface area contributed by atoms with Crippen LogP contribution < -0.4 is 4.72 Å². The topological polar surface area (TPSA) is 58.6 Å². The van der Waals surface area contributed by atoms with Gasteiger partial charge in [-0.25, -0.2) is 17.5 Å². The number of morpholine rings is 1. The zero-order chi connectivity index (χ0) is 20.3. The Morgan fingerprint density at radius 1 is 0.966 bits per heavy atom. The summed E-state index contributed by atoms with van der Waals surface area (Å²) in [5.74, 6) is -0.314. The Balaban J connectivity index is 1.61. The zero-order valence-electron chi connectivity index (χ0n) is 15.9. The molecule has 0 aliphatic carbocycles. The van der Waals surface area contributed by atoms with Gasteiger partial charge >= 0.3 is 0 Å². The first kappa shape index (κ1) is 20.0. The number of nitrogens with one attached hydrogen (secondary N) is 1. The zero-order valence-corrected chi connectivity index (χ0v) is 16.7. The van der Waals surface area contributed by atoms with Gasteiger partial charge in [0.1, 0.15) is 5.82 Å². The van der Waals surface area contributed by atoms with Crippen LogP contribution in [0.3, 0.4) is 0 Å². The number of halogens is 1. The first-order valence-electron chi connectivity index (χ1n) is 9.59. The van der Waals surface area contributed by atoms with Crippen molar-refractivity contribution in [2.75, 3.05) is 32.8 Å². The lowest BCUT2D eigenvalue weighted by atomic mass is 10.0. The highest BCUT2D eigenvalue weighted by atomic mass is 32.2. The maximum Gasteiger partial charge on any atom is 0.241 e. The average Bonchev–Trinajstić information content (AvgIpc) is 2.75. The Morgan fingerprint density at radius 2 is 1.66 bits per heavy atom. The molecule has 0 bridgehead atoms. The van der Waals surface area contributed by atoms with E-state index < -0.39 is 10.0 Å². The summed E-state index contributed by atoms with van der Waals surface area (Å²) in [6, 6.07) is 18.7. The van der Waals surface area contributed by atoms with Gasteiger partial charge in [0.05, 0.1) is 18.1 Å². The van der Waals surface area contributed by atoms with Gasteiger partial charge in [0.2, 0.25) is 10.0 Å². The molecule has 5 nitrogen and oxygen atoms in total. The fourth-order valence-electron chi connectivity index (χ4n) is 3.73. The number of sulfonamides is 1. The number of nitrogens with zero attached hydrogens (tertiary/aromatic N) is 1. The van der Waals surface area contributed by atoms with Gasteiger partial charge in [-0.15, -0.1) is 0 Å². The third-order valence-electron chi connectivity index (χ3n) is 5.25. The Bertz CT molecular complexity index is 1080. The lowest BCUT2D eigenvalue weighted by molar-refractivity contribution is 0.0172. The molecule has 1 N–H and O–H groups in total. The molecule has 0 radical (unpaired) electrons. The van der Waals surface area contributed by atoms with Gasteiger partial charge in [0.15, 0.2) is 0 Å². The largest absolute Gasteiger partial charge is 0.379 e. The van der Waals surface area contributed by atoms with E-state index in [0.717, 1.165) is 10.9 Å². The van der Waals surface area contributed by atoms with Crippen LogP contribution in [0, 0.1) is 5.82 Å². The van der Waals surface area contributed by atoms with Crippen molar-refractivity contribution in [1.29, 1.82) is 0 Å². The van der Waals surface area contributed by atoms with E-state index in [-0.39, 0.29) is 23.3 Å². The minimum absolute atomic E-state index is 0.192. The molecule has 29 heavy (non-hydrogen) atoms. The second-order valence-electron chi connectivity index (χ2n) is 7.04. The molecule has 3 aromatic rings. The summed E-state index contributed by atoms with van der Waals surface area (Å²) in [5.41, 5.74) is 0.869. The van der Waals surface area contributed by atoms with E-state index in [0.29, 0.717) is 31.7 Å². The summed E-state index contributed by atoms with van der Waals surface area (Å²) in [4.78, 5) is 2.43. The maximum atomic E-state index is 13.4. The molecule has 0 amide bonds. The SMILES string of the molecule is O=S(=O)(NC[C@H](c1ccc(F)cc1)N1CCOCC1)c1cccc2ccccc12. The van der Waals surface area contributed by atoms with Crippen LogP contribution in [-0.4, -0.2) is 46.2 Å². The number of hydrogen-bond donors (Lipinski definition) is 1. The molecule has 152 valence electrons. The van der Waals surface area contributed by atoms with Crippen molar-refractivity contribution in [3.8, 4) is 0 Å². The van der Waals surface area contributed by atoms with Crippen molar-refractivity contribution in [2.24, 2.45) is 0 Å². The van der Waals surface area contributed by atoms with Crippen LogP contribution in [0.2, 0.25) is 0 Å². The summed E-state index contributed by atoms with van der Waals surface area (Å²) in [6.45, 7) is 2.76. The van der Waals surface area contributed by atoms with Crippen LogP contribution in [-0.2, 0) is 14.8 Å². The Labute approximate surface area is 170 Å². The number of ether oxygens (including phenoxy) is 1. The molecule has 3 aromatic carbocycles. The van der Waals surface area contributed by atoms with E-state index in [1.54, 1.807) is 24.3 Å². The van der Waals surface area contributed by atoms with Crippen molar-refractivity contribution in [3.63, 3.8) is 0 Å². The van der Waals surface area contributed by atoms with E-state index in [2.05, 4.69) is 9.62 Å². The number of fused-ring (bicyclic) bond motifs is 1. The molecule has 1 aliphatic rings. The summed E-state index contributed by atoms with van der Waals surface area (Å²) in [6.07, 6.45) is 0. The highest BCUT2D eigenvalue weighted by Gasteiger charge is 2.25. The molecule has 0 aromatic heterocycles. The van der Waals surface area contributed by atoms with Gasteiger partial charge in [0.25, 0.3) is 0 Å². The summed E-state index contributed by atoms with van der Waals surface area (Å²) in [5, 5.41) is 1.56. The number of rotatable bonds is 6. The van der Waals surface area contributed by atoms with Gasteiger partial charge in [-0.3, -0.25) is 4.90 Å². The van der Waals surface area contributed by atoms with E-state index in [4.69, 9.17) is 4.74 Å². The monoisotopic (exact) mass is 414 g/mol. The fourth-order valence-corrected chi connectivity index (χ4v) is 4.99. The predicted octanol–water partition coefficient (Wildman–Crippen LogP) is 3.33. The Morgan fingerprint density at radius 3 is 2.41 bits per heavy atom. The van der Waals surface area contributed by atoms with Gasteiger partial charge < -0.3 is 4.74 Å². The molecule has 0 spiro atoms. The van der Waals surface area contributed by atoms with Crippen LogP contribution in [0.15, 0.2) is 71.6 Å². The minimum Gasteiger partial charge on any atom is -0.379 e. The Kier molecular flexibility index (Phi) is 5.91. The summed E-state index contributed by atoms with van der Waals surface area (Å²) >= 11 is 0. The van der Waals surface area contributed by atoms with Crippen LogP contribution in [0.4, 0.5) is 4.39 Å². The van der Waals surface area contributed by atoms with Crippen LogP contribution in [0.1, 0.15) is 11.6 Å². The quantitative estimate of drug-likeness (QED) is 0.672. The lowest BCUT2D eigenvalue weighted by Crippen LogP contribution is -2.43. The molecule has 1 aliphatic heterocycles. The van der Waals surface area contributed by atoms with Crippen LogP contribution >= 0.6 is 0 Å². The third kappa shape index (κ3) is 4.48. The second kappa shape index (κ2) is 8.59. The minimum atomic E-state index is -3.72. The Hall–Kier alpha value is -2.32. The van der Waals surface area contributed by atoms with Crippen molar-refractivity contribution < 1.29 is 17.5 Å². The molecule has 0 unspecified atom stereocenters. The van der Waals surface area contributed by atoms with Gasteiger partial charge in [-0.2, -0.15) is 0 Å². The smallest absolute Gasteiger partial charge is 0.241 e. The molecule has 7 heteroatoms. The normalized spacial score (nSPS) is 16.7. The van der Waals surface area contributed by atoms with E-state index in [1.807, 2.05) is 30.3 Å². The first-order chi connectivity index (χ1) is 14.0. The van der Waals surface area contributed by atoms with Crippen molar-refractivity contribution >= 4 is 20.8 Å². The molecule has 4 rings (SSSR count). The van der Waals surface area contributed by atoms with E-state index in [1.165, 1.54) is 12.1 Å². The molecule has 0 saturated carbocycles. The van der Waals surface area contributed by atoms with Gasteiger partial charge in [-0.05, 0) is 29.1 Å². The molecule has 1 atom stereocenters. The number of benzene rings is 3.